The van der Waals surface area contributed by atoms with E-state index >= 15 is 0 Å². The van der Waals surface area contributed by atoms with Crippen molar-refractivity contribution in [2.24, 2.45) is 4.99 Å². The van der Waals surface area contributed by atoms with Gasteiger partial charge in [0.05, 0.1) is 13.2 Å². The Kier molecular flexibility index (Phi) is 8.80. The maximum atomic E-state index is 5.38. The number of guanidine groups is 1. The van der Waals surface area contributed by atoms with Crippen LogP contribution in [-0.2, 0) is 4.74 Å². The summed E-state index contributed by atoms with van der Waals surface area (Å²) in [6.07, 6.45) is 0. The summed E-state index contributed by atoms with van der Waals surface area (Å²) in [5.74, 6) is 0.905. The first-order chi connectivity index (χ1) is 11.7. The van der Waals surface area contributed by atoms with Gasteiger partial charge in [-0.05, 0) is 13.5 Å². The molecule has 1 atom stereocenters. The van der Waals surface area contributed by atoms with Crippen LogP contribution < -0.4 is 10.6 Å². The maximum Gasteiger partial charge on any atom is 0.191 e. The van der Waals surface area contributed by atoms with Crippen LogP contribution in [0.4, 0.5) is 0 Å². The average Bonchev–Trinajstić information content (AvgIpc) is 2.65. The van der Waals surface area contributed by atoms with Crippen molar-refractivity contribution in [1.82, 2.24) is 25.3 Å². The second kappa shape index (κ2) is 10.9. The summed E-state index contributed by atoms with van der Waals surface area (Å²) in [6.45, 7) is 17.1. The molecule has 0 saturated carbocycles. The van der Waals surface area contributed by atoms with Crippen molar-refractivity contribution in [3.63, 3.8) is 0 Å². The highest BCUT2D eigenvalue weighted by Crippen LogP contribution is 2.05. The van der Waals surface area contributed by atoms with E-state index in [-0.39, 0.29) is 0 Å². The molecule has 2 aliphatic rings. The summed E-state index contributed by atoms with van der Waals surface area (Å²) < 4.78 is 5.38. The molecule has 0 spiro atoms. The van der Waals surface area contributed by atoms with Crippen LogP contribution in [-0.4, -0.2) is 112 Å². The van der Waals surface area contributed by atoms with E-state index in [1.807, 2.05) is 7.05 Å². The third-order valence-electron chi connectivity index (χ3n) is 5.09. The number of morpholine rings is 1. The Balaban J connectivity index is 1.60. The highest BCUT2D eigenvalue weighted by molar-refractivity contribution is 5.79. The van der Waals surface area contributed by atoms with Gasteiger partial charge in [-0.15, -0.1) is 0 Å². The zero-order valence-corrected chi connectivity index (χ0v) is 15.8. The van der Waals surface area contributed by atoms with Crippen molar-refractivity contribution >= 4 is 5.96 Å². The maximum absolute atomic E-state index is 5.38. The topological polar surface area (TPSA) is 55.4 Å². The summed E-state index contributed by atoms with van der Waals surface area (Å²) in [7, 11) is 1.84. The van der Waals surface area contributed by atoms with Gasteiger partial charge in [-0.2, -0.15) is 0 Å². The van der Waals surface area contributed by atoms with E-state index in [9.17, 15) is 0 Å². The number of aliphatic imine (C=N–C) groups is 1. The van der Waals surface area contributed by atoms with Crippen LogP contribution in [0.2, 0.25) is 0 Å². The van der Waals surface area contributed by atoms with Gasteiger partial charge in [-0.1, -0.05) is 6.92 Å². The zero-order valence-electron chi connectivity index (χ0n) is 15.8. The van der Waals surface area contributed by atoms with Gasteiger partial charge in [0.1, 0.15) is 0 Å². The van der Waals surface area contributed by atoms with Crippen molar-refractivity contribution in [3.8, 4) is 0 Å². The lowest BCUT2D eigenvalue weighted by Crippen LogP contribution is -2.53. The molecule has 2 rings (SSSR count). The predicted molar refractivity (Wildman–Crippen MR) is 99.8 cm³/mol. The molecule has 2 N–H and O–H groups in total. The molecule has 0 bridgehead atoms. The van der Waals surface area contributed by atoms with E-state index in [1.54, 1.807) is 0 Å². The lowest BCUT2D eigenvalue weighted by atomic mass is 10.2. The molecule has 2 saturated heterocycles. The van der Waals surface area contributed by atoms with E-state index < -0.39 is 0 Å². The summed E-state index contributed by atoms with van der Waals surface area (Å²) >= 11 is 0. The first-order valence-corrected chi connectivity index (χ1v) is 9.44. The van der Waals surface area contributed by atoms with Crippen molar-refractivity contribution in [2.45, 2.75) is 19.9 Å². The molecule has 2 heterocycles. The minimum Gasteiger partial charge on any atom is -0.379 e. The van der Waals surface area contributed by atoms with Gasteiger partial charge in [0.2, 0.25) is 0 Å². The Hall–Kier alpha value is -0.890. The van der Waals surface area contributed by atoms with E-state index in [1.165, 1.54) is 32.7 Å². The van der Waals surface area contributed by atoms with Crippen molar-refractivity contribution in [1.29, 1.82) is 0 Å². The van der Waals surface area contributed by atoms with Crippen LogP contribution in [0.1, 0.15) is 13.8 Å². The summed E-state index contributed by atoms with van der Waals surface area (Å²) in [5.41, 5.74) is 0. The third-order valence-corrected chi connectivity index (χ3v) is 5.09. The molecule has 0 aliphatic carbocycles. The quantitative estimate of drug-likeness (QED) is 0.482. The van der Waals surface area contributed by atoms with E-state index in [0.717, 1.165) is 51.9 Å². The Morgan fingerprint density at radius 3 is 2.38 bits per heavy atom. The fourth-order valence-corrected chi connectivity index (χ4v) is 3.27. The van der Waals surface area contributed by atoms with Gasteiger partial charge in [0, 0.05) is 72.0 Å². The minimum atomic E-state index is 0.529. The molecular weight excluding hydrogens is 304 g/mol. The summed E-state index contributed by atoms with van der Waals surface area (Å²) in [6, 6.07) is 0.529. The second-order valence-corrected chi connectivity index (χ2v) is 6.65. The Bertz CT molecular complexity index is 364. The Labute approximate surface area is 147 Å². The molecular formula is C17H36N6O. The number of likely N-dealkylation sites (N-methyl/N-ethyl adjacent to an activating group) is 1. The molecule has 2 fully saturated rings. The normalized spacial score (nSPS) is 23.2. The summed E-state index contributed by atoms with van der Waals surface area (Å²) in [5, 5.41) is 6.89. The number of rotatable bonds is 7. The standard InChI is InChI=1S/C17H36N6O/c1-4-21-7-9-23(10-8-21)16(2)15-20-17(18-3)19-5-6-22-11-13-24-14-12-22/h16H,4-15H2,1-3H3,(H2,18,19,20)/t16-/m1/s1. The molecule has 0 radical (unpaired) electrons. The first-order valence-electron chi connectivity index (χ1n) is 9.44. The van der Waals surface area contributed by atoms with E-state index in [0.29, 0.717) is 6.04 Å². The highest BCUT2D eigenvalue weighted by Gasteiger charge is 2.20. The molecule has 0 aromatic rings. The third kappa shape index (κ3) is 6.55. The van der Waals surface area contributed by atoms with E-state index in [4.69, 9.17) is 4.74 Å². The first kappa shape index (κ1) is 19.4. The zero-order chi connectivity index (χ0) is 17.2. The van der Waals surface area contributed by atoms with E-state index in [2.05, 4.69) is 44.2 Å². The lowest BCUT2D eigenvalue weighted by molar-refractivity contribution is 0.0389. The minimum absolute atomic E-state index is 0.529. The smallest absolute Gasteiger partial charge is 0.191 e. The molecule has 0 aromatic heterocycles. The van der Waals surface area contributed by atoms with Crippen LogP contribution in [0, 0.1) is 0 Å². The van der Waals surface area contributed by atoms with Crippen LogP contribution >= 0.6 is 0 Å². The Morgan fingerprint density at radius 2 is 1.75 bits per heavy atom. The van der Waals surface area contributed by atoms with Gasteiger partial charge < -0.3 is 20.3 Å². The van der Waals surface area contributed by atoms with Crippen LogP contribution in [0.5, 0.6) is 0 Å². The molecule has 7 nitrogen and oxygen atoms in total. The Morgan fingerprint density at radius 1 is 1.04 bits per heavy atom. The van der Waals surface area contributed by atoms with Crippen molar-refractivity contribution < 1.29 is 4.74 Å². The molecule has 0 amide bonds. The fourth-order valence-electron chi connectivity index (χ4n) is 3.27. The highest BCUT2D eigenvalue weighted by atomic mass is 16.5. The number of nitrogens with one attached hydrogen (secondary N) is 2. The van der Waals surface area contributed by atoms with Gasteiger partial charge in [-0.3, -0.25) is 14.8 Å². The molecule has 0 unspecified atom stereocenters. The number of hydrogen-bond acceptors (Lipinski definition) is 5. The van der Waals surface area contributed by atoms with Crippen LogP contribution in [0.3, 0.4) is 0 Å². The number of ether oxygens (including phenoxy) is 1. The van der Waals surface area contributed by atoms with Gasteiger partial charge in [0.25, 0.3) is 0 Å². The largest absolute Gasteiger partial charge is 0.379 e. The molecule has 2 aliphatic heterocycles. The monoisotopic (exact) mass is 340 g/mol. The van der Waals surface area contributed by atoms with Crippen LogP contribution in [0.15, 0.2) is 4.99 Å². The second-order valence-electron chi connectivity index (χ2n) is 6.65. The number of hydrogen-bond donors (Lipinski definition) is 2. The lowest BCUT2D eigenvalue weighted by Gasteiger charge is -2.37. The van der Waals surface area contributed by atoms with Crippen molar-refractivity contribution in [2.75, 3.05) is 85.7 Å². The molecule has 24 heavy (non-hydrogen) atoms. The number of piperazine rings is 1. The van der Waals surface area contributed by atoms with Crippen molar-refractivity contribution in [3.05, 3.63) is 0 Å². The average molecular weight is 341 g/mol. The molecule has 7 heteroatoms. The molecule has 140 valence electrons. The van der Waals surface area contributed by atoms with Gasteiger partial charge in [-0.25, -0.2) is 0 Å². The van der Waals surface area contributed by atoms with Crippen LogP contribution in [0.25, 0.3) is 0 Å². The van der Waals surface area contributed by atoms with Gasteiger partial charge in [0.15, 0.2) is 5.96 Å². The molecule has 0 aromatic carbocycles. The van der Waals surface area contributed by atoms with Gasteiger partial charge >= 0.3 is 0 Å². The summed E-state index contributed by atoms with van der Waals surface area (Å²) in [4.78, 5) is 11.9. The predicted octanol–water partition coefficient (Wildman–Crippen LogP) is -0.490. The number of nitrogens with zero attached hydrogens (tertiary/aromatic N) is 4. The fraction of sp³-hybridized carbons (Fsp3) is 0.941. The SMILES string of the molecule is CCN1CCN([C@H](C)CNC(=NC)NCCN2CCOCC2)CC1.